The number of nitrogens with zero attached hydrogens (tertiary/aromatic N) is 2. The first-order valence-corrected chi connectivity index (χ1v) is 14.2. The van der Waals surface area contributed by atoms with Gasteiger partial charge in [0.05, 0.1) is 33.5 Å². The van der Waals surface area contributed by atoms with E-state index in [4.69, 9.17) is 4.74 Å². The second kappa shape index (κ2) is 9.21. The van der Waals surface area contributed by atoms with Crippen molar-refractivity contribution in [3.05, 3.63) is 45.9 Å². The van der Waals surface area contributed by atoms with E-state index in [9.17, 15) is 9.59 Å². The molecular weight excluding hydrogens is 478 g/mol. The molecule has 1 aromatic carbocycles. The molecule has 3 aliphatic carbocycles. The normalized spacial score (nSPS) is 26.7. The quantitative estimate of drug-likeness (QED) is 0.257. The van der Waals surface area contributed by atoms with Gasteiger partial charge in [0.15, 0.2) is 5.78 Å². The Balaban J connectivity index is 1.10. The Kier molecular flexibility index (Phi) is 6.05. The molecule has 1 amide bonds. The Morgan fingerprint density at radius 2 is 1.83 bits per heavy atom. The molecule has 5 atom stereocenters. The standard InChI is InChI=1S/C27H29N3O3S2/c1-14-28-19-4-3-5-21(33-2)25(19)27(29-14)34-13-20(31)22-8-9-23(35-22)26(32)30-18-11-16-7-6-15-10-17(12-18)24(15)16/h3-5,8-9,15-18,24H,6-7,10-13H2,1-2H3,(H,30,32)/t15?,16-,17+,18-,24?/m0/s1. The Bertz CT molecular complexity index is 1310. The van der Waals surface area contributed by atoms with Gasteiger partial charge in [-0.25, -0.2) is 9.97 Å². The number of ketones is 1. The molecular formula is C27H29N3O3S2. The summed E-state index contributed by atoms with van der Waals surface area (Å²) in [7, 11) is 1.62. The van der Waals surface area contributed by atoms with Gasteiger partial charge in [0.1, 0.15) is 16.6 Å². The number of benzene rings is 1. The number of fused-ring (bicyclic) bond motifs is 1. The number of methoxy groups -OCH3 is 1. The molecule has 182 valence electrons. The van der Waals surface area contributed by atoms with E-state index in [0.29, 0.717) is 21.3 Å². The van der Waals surface area contributed by atoms with Gasteiger partial charge in [-0.1, -0.05) is 17.8 Å². The number of Topliss-reactive ketones (excluding diaryl/α,β-unsaturated/α-hetero) is 1. The zero-order valence-electron chi connectivity index (χ0n) is 20.0. The van der Waals surface area contributed by atoms with E-state index in [1.165, 1.54) is 42.4 Å². The SMILES string of the molecule is COc1cccc2nc(C)nc(SCC(=O)c3ccc(C(=O)N[C@@H]4C[C@H]5CC6CC[C@@H](C4)C65)s3)c12. The molecule has 3 aromatic rings. The Hall–Kier alpha value is -2.45. The van der Waals surface area contributed by atoms with Crippen molar-refractivity contribution in [1.29, 1.82) is 0 Å². The minimum atomic E-state index is -0.0406. The monoisotopic (exact) mass is 507 g/mol. The van der Waals surface area contributed by atoms with E-state index in [-0.39, 0.29) is 23.5 Å². The number of rotatable bonds is 7. The number of amides is 1. The van der Waals surface area contributed by atoms with Crippen LogP contribution >= 0.6 is 23.1 Å². The number of ether oxygens (including phenoxy) is 1. The molecule has 3 saturated carbocycles. The number of nitrogens with one attached hydrogen (secondary N) is 1. The fourth-order valence-electron chi connectivity index (χ4n) is 6.64. The lowest BCUT2D eigenvalue weighted by molar-refractivity contribution is 0.0131. The van der Waals surface area contributed by atoms with Crippen LogP contribution in [0.3, 0.4) is 0 Å². The second-order valence-electron chi connectivity index (χ2n) is 10.1. The summed E-state index contributed by atoms with van der Waals surface area (Å²) >= 11 is 2.67. The van der Waals surface area contributed by atoms with E-state index in [0.717, 1.165) is 52.4 Å². The summed E-state index contributed by atoms with van der Waals surface area (Å²) in [5.74, 6) is 5.04. The first-order valence-electron chi connectivity index (χ1n) is 12.4. The van der Waals surface area contributed by atoms with Gasteiger partial charge in [-0.3, -0.25) is 9.59 Å². The summed E-state index contributed by atoms with van der Waals surface area (Å²) in [6.07, 6.45) is 6.31. The number of carbonyl (C=O) groups is 2. The van der Waals surface area contributed by atoms with E-state index in [1.807, 2.05) is 25.1 Å². The van der Waals surface area contributed by atoms with Crippen molar-refractivity contribution in [2.75, 3.05) is 12.9 Å². The number of aryl methyl sites for hydroxylation is 1. The molecule has 2 unspecified atom stereocenters. The number of hydrogen-bond donors (Lipinski definition) is 1. The smallest absolute Gasteiger partial charge is 0.261 e. The molecule has 3 aliphatic rings. The van der Waals surface area contributed by atoms with Gasteiger partial charge in [-0.15, -0.1) is 11.3 Å². The average Bonchev–Trinajstić information content (AvgIpc) is 3.46. The van der Waals surface area contributed by atoms with Gasteiger partial charge < -0.3 is 10.1 Å². The predicted molar refractivity (Wildman–Crippen MR) is 138 cm³/mol. The van der Waals surface area contributed by atoms with E-state index >= 15 is 0 Å². The van der Waals surface area contributed by atoms with Crippen LogP contribution in [0.5, 0.6) is 5.75 Å². The maximum atomic E-state index is 13.0. The molecule has 2 aromatic heterocycles. The predicted octanol–water partition coefficient (Wildman–Crippen LogP) is 5.54. The third-order valence-electron chi connectivity index (χ3n) is 8.08. The van der Waals surface area contributed by atoms with Crippen LogP contribution in [0.4, 0.5) is 0 Å². The zero-order valence-corrected chi connectivity index (χ0v) is 21.6. The van der Waals surface area contributed by atoms with Crippen molar-refractivity contribution in [2.45, 2.75) is 50.1 Å². The fraction of sp³-hybridized carbons (Fsp3) is 0.481. The first kappa shape index (κ1) is 23.0. The van der Waals surface area contributed by atoms with Crippen molar-refractivity contribution in [1.82, 2.24) is 15.3 Å². The minimum Gasteiger partial charge on any atom is -0.496 e. The van der Waals surface area contributed by atoms with E-state index in [1.54, 1.807) is 19.2 Å². The van der Waals surface area contributed by atoms with Gasteiger partial charge >= 0.3 is 0 Å². The number of thiophene rings is 1. The molecule has 2 heterocycles. The van der Waals surface area contributed by atoms with Gasteiger partial charge in [-0.2, -0.15) is 0 Å². The number of carbonyl (C=O) groups excluding carboxylic acids is 2. The highest BCUT2D eigenvalue weighted by molar-refractivity contribution is 8.00. The molecule has 3 fully saturated rings. The molecule has 0 saturated heterocycles. The molecule has 0 bridgehead atoms. The number of hydrogen-bond acceptors (Lipinski definition) is 7. The van der Waals surface area contributed by atoms with Crippen LogP contribution < -0.4 is 10.1 Å². The Labute approximate surface area is 213 Å². The fourth-order valence-corrected chi connectivity index (χ4v) is 8.55. The molecule has 0 spiro atoms. The van der Waals surface area contributed by atoms with Crippen molar-refractivity contribution in [2.24, 2.45) is 23.7 Å². The van der Waals surface area contributed by atoms with E-state index < -0.39 is 0 Å². The summed E-state index contributed by atoms with van der Waals surface area (Å²) in [4.78, 5) is 36.2. The molecule has 0 aliphatic heterocycles. The van der Waals surface area contributed by atoms with Crippen LogP contribution in [0.2, 0.25) is 0 Å². The van der Waals surface area contributed by atoms with Crippen molar-refractivity contribution in [3.8, 4) is 5.75 Å². The van der Waals surface area contributed by atoms with Gasteiger partial charge in [0.2, 0.25) is 0 Å². The third kappa shape index (κ3) is 4.25. The lowest BCUT2D eigenvalue weighted by atomic mass is 9.57. The van der Waals surface area contributed by atoms with Crippen molar-refractivity contribution < 1.29 is 14.3 Å². The molecule has 6 nitrogen and oxygen atoms in total. The summed E-state index contributed by atoms with van der Waals surface area (Å²) < 4.78 is 5.50. The van der Waals surface area contributed by atoms with Gasteiger partial charge in [-0.05, 0) is 87.0 Å². The zero-order chi connectivity index (χ0) is 24.1. The van der Waals surface area contributed by atoms with Crippen molar-refractivity contribution in [3.63, 3.8) is 0 Å². The molecule has 35 heavy (non-hydrogen) atoms. The highest BCUT2D eigenvalue weighted by Gasteiger charge is 2.52. The number of thioether (sulfide) groups is 1. The van der Waals surface area contributed by atoms with Crippen LogP contribution in [0, 0.1) is 30.6 Å². The lowest BCUT2D eigenvalue weighted by Crippen LogP contribution is -2.48. The van der Waals surface area contributed by atoms with Crippen LogP contribution in [-0.4, -0.2) is 40.6 Å². The maximum absolute atomic E-state index is 13.0. The molecule has 6 rings (SSSR count). The summed E-state index contributed by atoms with van der Waals surface area (Å²) in [6, 6.07) is 9.52. The highest BCUT2D eigenvalue weighted by atomic mass is 32.2. The first-order chi connectivity index (χ1) is 17.0. The van der Waals surface area contributed by atoms with Crippen LogP contribution in [-0.2, 0) is 0 Å². The van der Waals surface area contributed by atoms with Gasteiger partial charge in [0, 0.05) is 6.04 Å². The molecule has 0 radical (unpaired) electrons. The van der Waals surface area contributed by atoms with E-state index in [2.05, 4.69) is 15.3 Å². The lowest BCUT2D eigenvalue weighted by Gasteiger charge is -2.49. The molecule has 1 N–H and O–H groups in total. The van der Waals surface area contributed by atoms with Crippen LogP contribution in [0.25, 0.3) is 10.9 Å². The largest absolute Gasteiger partial charge is 0.496 e. The third-order valence-corrected chi connectivity index (χ3v) is 10.2. The summed E-state index contributed by atoms with van der Waals surface area (Å²) in [6.45, 7) is 1.84. The van der Waals surface area contributed by atoms with Crippen LogP contribution in [0.15, 0.2) is 35.4 Å². The highest BCUT2D eigenvalue weighted by Crippen LogP contribution is 2.59. The van der Waals surface area contributed by atoms with Gasteiger partial charge in [0.25, 0.3) is 5.91 Å². The summed E-state index contributed by atoms with van der Waals surface area (Å²) in [5.41, 5.74) is 0.797. The van der Waals surface area contributed by atoms with Crippen LogP contribution in [0.1, 0.15) is 57.3 Å². The molecule has 8 heteroatoms. The Morgan fingerprint density at radius 1 is 1.06 bits per heavy atom. The summed E-state index contributed by atoms with van der Waals surface area (Å²) in [5, 5.41) is 4.83. The topological polar surface area (TPSA) is 81.2 Å². The van der Waals surface area contributed by atoms with Crippen molar-refractivity contribution >= 4 is 45.7 Å². The Morgan fingerprint density at radius 3 is 2.66 bits per heavy atom. The average molecular weight is 508 g/mol. The second-order valence-corrected chi connectivity index (χ2v) is 12.2. The minimum absolute atomic E-state index is 0.00895. The number of aromatic nitrogens is 2. The maximum Gasteiger partial charge on any atom is 0.261 e.